The first kappa shape index (κ1) is 32.7. The Hall–Kier alpha value is -3.85. The lowest BCUT2D eigenvalue weighted by molar-refractivity contribution is -0.139. The van der Waals surface area contributed by atoms with E-state index in [0.29, 0.717) is 36.5 Å². The molecule has 10 heteroatoms. The molecule has 2 atom stereocenters. The summed E-state index contributed by atoms with van der Waals surface area (Å²) in [6, 6.07) is 13.7. The highest BCUT2D eigenvalue weighted by molar-refractivity contribution is 6.31. The van der Waals surface area contributed by atoms with E-state index in [4.69, 9.17) is 17.3 Å². The fraction of sp³-hybridized carbons (Fsp3) is 0.438. The maximum absolute atomic E-state index is 14.0. The minimum absolute atomic E-state index is 0.0249. The minimum atomic E-state index is -0.977. The molecular formula is C32H41ClN4O5. The SMILES string of the molecule is CCCC[C@@H](CC(N)=O)N(CCC)C(=O)[C@H](CCCC(=O)O)NC(=O)c1cn(Cc2ccccc2Cl)c2ccccc12. The molecule has 9 nitrogen and oxygen atoms in total. The lowest BCUT2D eigenvalue weighted by atomic mass is 10.0. The molecule has 4 N–H and O–H groups in total. The van der Waals surface area contributed by atoms with Crippen molar-refractivity contribution in [3.8, 4) is 0 Å². The molecule has 3 rings (SSSR count). The number of fused-ring (bicyclic) bond motifs is 1. The number of hydrogen-bond donors (Lipinski definition) is 3. The van der Waals surface area contributed by atoms with Gasteiger partial charge < -0.3 is 25.6 Å². The van der Waals surface area contributed by atoms with E-state index in [1.807, 2.05) is 66.9 Å². The largest absolute Gasteiger partial charge is 0.481 e. The van der Waals surface area contributed by atoms with Gasteiger partial charge in [-0.2, -0.15) is 0 Å². The third-order valence-corrected chi connectivity index (χ3v) is 7.70. The number of aromatic nitrogens is 1. The third kappa shape index (κ3) is 8.82. The van der Waals surface area contributed by atoms with Crippen LogP contribution in [0.15, 0.2) is 54.7 Å². The molecule has 3 aromatic rings. The number of nitrogens with zero attached hydrogens (tertiary/aromatic N) is 2. The molecular weight excluding hydrogens is 556 g/mol. The number of primary amides is 1. The monoisotopic (exact) mass is 596 g/mol. The van der Waals surface area contributed by atoms with E-state index in [2.05, 4.69) is 5.32 Å². The van der Waals surface area contributed by atoms with Gasteiger partial charge >= 0.3 is 5.97 Å². The second-order valence-corrected chi connectivity index (χ2v) is 11.0. The Kier molecular flexibility index (Phi) is 12.4. The van der Waals surface area contributed by atoms with Crippen molar-refractivity contribution in [1.29, 1.82) is 0 Å². The molecule has 0 unspecified atom stereocenters. The summed E-state index contributed by atoms with van der Waals surface area (Å²) in [5.41, 5.74) is 7.68. The van der Waals surface area contributed by atoms with Crippen molar-refractivity contribution in [1.82, 2.24) is 14.8 Å². The van der Waals surface area contributed by atoms with Gasteiger partial charge in [-0.15, -0.1) is 0 Å². The normalized spacial score (nSPS) is 12.5. The van der Waals surface area contributed by atoms with E-state index < -0.39 is 29.9 Å². The lowest BCUT2D eigenvalue weighted by Crippen LogP contribution is -2.53. The zero-order valence-electron chi connectivity index (χ0n) is 24.4. The minimum Gasteiger partial charge on any atom is -0.481 e. The Labute approximate surface area is 252 Å². The number of nitrogens with one attached hydrogen (secondary N) is 1. The molecule has 1 aromatic heterocycles. The molecule has 226 valence electrons. The quantitative estimate of drug-likeness (QED) is 0.193. The zero-order chi connectivity index (χ0) is 30.6. The Morgan fingerprint density at radius 1 is 1.00 bits per heavy atom. The van der Waals surface area contributed by atoms with Crippen LogP contribution < -0.4 is 11.1 Å². The summed E-state index contributed by atoms with van der Waals surface area (Å²) in [6.45, 7) is 4.81. The molecule has 0 saturated heterocycles. The van der Waals surface area contributed by atoms with Crippen LogP contribution in [0.4, 0.5) is 0 Å². The zero-order valence-corrected chi connectivity index (χ0v) is 25.1. The molecule has 3 amide bonds. The van der Waals surface area contributed by atoms with Gasteiger partial charge in [0.25, 0.3) is 5.91 Å². The van der Waals surface area contributed by atoms with Gasteiger partial charge in [0.05, 0.1) is 5.56 Å². The van der Waals surface area contributed by atoms with Crippen molar-refractivity contribution in [3.05, 3.63) is 70.9 Å². The highest BCUT2D eigenvalue weighted by Crippen LogP contribution is 2.25. The van der Waals surface area contributed by atoms with Crippen LogP contribution >= 0.6 is 11.6 Å². The number of carboxylic acids is 1. The molecule has 1 heterocycles. The number of nitrogens with two attached hydrogens (primary N) is 1. The van der Waals surface area contributed by atoms with E-state index in [1.54, 1.807) is 11.1 Å². The number of carbonyl (C=O) groups excluding carboxylic acids is 3. The number of unbranched alkanes of at least 4 members (excludes halogenated alkanes) is 1. The van der Waals surface area contributed by atoms with Crippen molar-refractivity contribution >= 4 is 46.2 Å². The maximum atomic E-state index is 14.0. The fourth-order valence-corrected chi connectivity index (χ4v) is 5.47. The Morgan fingerprint density at radius 2 is 1.71 bits per heavy atom. The highest BCUT2D eigenvalue weighted by atomic mass is 35.5. The van der Waals surface area contributed by atoms with E-state index in [0.717, 1.165) is 29.3 Å². The topological polar surface area (TPSA) is 135 Å². The van der Waals surface area contributed by atoms with Crippen LogP contribution in [0.3, 0.4) is 0 Å². The van der Waals surface area contributed by atoms with Crippen LogP contribution in [0.5, 0.6) is 0 Å². The summed E-state index contributed by atoms with van der Waals surface area (Å²) >= 11 is 6.41. The van der Waals surface area contributed by atoms with E-state index in [1.165, 1.54) is 0 Å². The van der Waals surface area contributed by atoms with Gasteiger partial charge in [0.1, 0.15) is 6.04 Å². The summed E-state index contributed by atoms with van der Waals surface area (Å²) in [4.78, 5) is 52.6. The maximum Gasteiger partial charge on any atom is 0.303 e. The lowest BCUT2D eigenvalue weighted by Gasteiger charge is -2.34. The predicted molar refractivity (Wildman–Crippen MR) is 164 cm³/mol. The molecule has 0 bridgehead atoms. The smallest absolute Gasteiger partial charge is 0.303 e. The number of benzene rings is 2. The van der Waals surface area contributed by atoms with Crippen molar-refractivity contribution < 1.29 is 24.3 Å². The number of halogens is 1. The number of para-hydroxylation sites is 1. The van der Waals surface area contributed by atoms with Crippen LogP contribution in [0.2, 0.25) is 5.02 Å². The van der Waals surface area contributed by atoms with E-state index >= 15 is 0 Å². The average Bonchev–Trinajstić information content (AvgIpc) is 3.32. The first-order valence-electron chi connectivity index (χ1n) is 14.6. The summed E-state index contributed by atoms with van der Waals surface area (Å²) in [7, 11) is 0. The Bertz CT molecular complexity index is 1390. The number of carbonyl (C=O) groups is 4. The second-order valence-electron chi connectivity index (χ2n) is 10.6. The number of rotatable bonds is 17. The van der Waals surface area contributed by atoms with Crippen LogP contribution in [0.1, 0.15) is 81.1 Å². The van der Waals surface area contributed by atoms with Gasteiger partial charge in [-0.05, 0) is 43.4 Å². The van der Waals surface area contributed by atoms with Gasteiger partial charge in [0.15, 0.2) is 0 Å². The molecule has 42 heavy (non-hydrogen) atoms. The van der Waals surface area contributed by atoms with E-state index in [-0.39, 0.29) is 31.6 Å². The first-order chi connectivity index (χ1) is 20.2. The molecule has 0 aliphatic heterocycles. The van der Waals surface area contributed by atoms with E-state index in [9.17, 15) is 24.3 Å². The molecule has 0 radical (unpaired) electrons. The first-order valence-corrected chi connectivity index (χ1v) is 15.0. The van der Waals surface area contributed by atoms with Crippen molar-refractivity contribution in [2.24, 2.45) is 5.73 Å². The predicted octanol–water partition coefficient (Wildman–Crippen LogP) is 5.37. The Balaban J connectivity index is 1.94. The molecule has 0 spiro atoms. The third-order valence-electron chi connectivity index (χ3n) is 7.33. The van der Waals surface area contributed by atoms with Crippen LogP contribution in [0.25, 0.3) is 10.9 Å². The highest BCUT2D eigenvalue weighted by Gasteiger charge is 2.31. The number of hydrogen-bond acceptors (Lipinski definition) is 4. The Morgan fingerprint density at radius 3 is 2.38 bits per heavy atom. The number of aliphatic carboxylic acids is 1. The summed E-state index contributed by atoms with van der Waals surface area (Å²) < 4.78 is 1.95. The van der Waals surface area contributed by atoms with Gasteiger partial charge in [0.2, 0.25) is 11.8 Å². The molecule has 0 aliphatic rings. The van der Waals surface area contributed by atoms with Gasteiger partial charge in [-0.25, -0.2) is 0 Å². The van der Waals surface area contributed by atoms with Crippen molar-refractivity contribution in [3.63, 3.8) is 0 Å². The van der Waals surface area contributed by atoms with Crippen LogP contribution in [0, 0.1) is 0 Å². The molecule has 0 aliphatic carbocycles. The number of amides is 3. The standard InChI is InChI=1S/C32H41ClN4O5/c1-3-5-12-23(19-29(34)38)37(18-4-2)32(42)27(15-10-17-30(39)40)35-31(41)25-21-36(28-16-9-7-13-24(25)28)20-22-11-6-8-14-26(22)33/h6-9,11,13-14,16,21,23,27H,3-5,10,12,15,17-20H2,1-2H3,(H2,34,38)(H,35,41)(H,39,40)/t23-,27-/m0/s1. The summed E-state index contributed by atoms with van der Waals surface area (Å²) in [5.74, 6) is -2.25. The summed E-state index contributed by atoms with van der Waals surface area (Å²) in [5, 5.41) is 13.5. The molecule has 0 saturated carbocycles. The molecule has 0 fully saturated rings. The van der Waals surface area contributed by atoms with Gasteiger partial charge in [-0.1, -0.05) is 74.7 Å². The average molecular weight is 597 g/mol. The van der Waals surface area contributed by atoms with Gasteiger partial charge in [-0.3, -0.25) is 19.2 Å². The van der Waals surface area contributed by atoms with Gasteiger partial charge in [0, 0.05) is 54.1 Å². The van der Waals surface area contributed by atoms with Crippen molar-refractivity contribution in [2.75, 3.05) is 6.54 Å². The van der Waals surface area contributed by atoms with Crippen molar-refractivity contribution in [2.45, 2.75) is 83.8 Å². The van der Waals surface area contributed by atoms with Crippen LogP contribution in [-0.2, 0) is 20.9 Å². The summed E-state index contributed by atoms with van der Waals surface area (Å²) in [6.07, 6.45) is 4.95. The fourth-order valence-electron chi connectivity index (χ4n) is 5.27. The molecule has 2 aromatic carbocycles. The second kappa shape index (κ2) is 16.0. The number of carboxylic acid groups (broad SMARTS) is 1. The van der Waals surface area contributed by atoms with Crippen LogP contribution in [-0.4, -0.2) is 56.9 Å².